The van der Waals surface area contributed by atoms with Crippen LogP contribution in [-0.4, -0.2) is 36.5 Å². The van der Waals surface area contributed by atoms with Gasteiger partial charge in [-0.15, -0.1) is 0 Å². The first-order valence-corrected chi connectivity index (χ1v) is 5.86. The van der Waals surface area contributed by atoms with Crippen molar-refractivity contribution < 1.29 is 19.0 Å². The molecular formula is C12H16N4O4. The fourth-order valence-corrected chi connectivity index (χ4v) is 1.94. The molecule has 0 aliphatic rings. The van der Waals surface area contributed by atoms with Gasteiger partial charge in [0.15, 0.2) is 11.5 Å². The average Bonchev–Trinajstić information content (AvgIpc) is 2.72. The number of anilines is 1. The largest absolute Gasteiger partial charge is 0.493 e. The Morgan fingerprint density at radius 1 is 1.30 bits per heavy atom. The van der Waals surface area contributed by atoms with E-state index in [-0.39, 0.29) is 6.61 Å². The molecule has 0 unspecified atom stereocenters. The van der Waals surface area contributed by atoms with E-state index in [9.17, 15) is 4.79 Å². The lowest BCUT2D eigenvalue weighted by Crippen LogP contribution is -2.17. The maximum absolute atomic E-state index is 10.6. The summed E-state index contributed by atoms with van der Waals surface area (Å²) in [4.78, 5) is 14.8. The lowest BCUT2D eigenvalue weighted by atomic mass is 10.2. The van der Waals surface area contributed by atoms with Crippen LogP contribution in [-0.2, 0) is 11.3 Å². The topological polar surface area (TPSA) is 115 Å². The number of fused-ring (bicyclic) bond motifs is 1. The second-order valence-corrected chi connectivity index (χ2v) is 3.99. The zero-order chi connectivity index (χ0) is 14.7. The standard InChI is InChI=1S/C12H16N4O4/c1-18-9-5-7-8(6-10(9)19-2)16(11(13)15-7)3-4-20-12(14)17/h5-6H,3-4H2,1-2H3,(H2,13,15)(H2,14,17). The molecule has 0 aliphatic carbocycles. The van der Waals surface area contributed by atoms with E-state index >= 15 is 0 Å². The minimum Gasteiger partial charge on any atom is -0.493 e. The van der Waals surface area contributed by atoms with Crippen LogP contribution in [0.5, 0.6) is 11.5 Å². The zero-order valence-corrected chi connectivity index (χ0v) is 11.3. The molecule has 0 aliphatic heterocycles. The lowest BCUT2D eigenvalue weighted by molar-refractivity contribution is 0.153. The van der Waals surface area contributed by atoms with Crippen LogP contribution in [0.1, 0.15) is 0 Å². The number of hydrogen-bond acceptors (Lipinski definition) is 6. The number of carbonyl (C=O) groups excluding carboxylic acids is 1. The summed E-state index contributed by atoms with van der Waals surface area (Å²) < 4.78 is 16.9. The fraction of sp³-hybridized carbons (Fsp3) is 0.333. The Morgan fingerprint density at radius 3 is 2.55 bits per heavy atom. The number of carbonyl (C=O) groups is 1. The molecule has 2 aromatic rings. The Bertz CT molecular complexity index is 638. The molecule has 0 atom stereocenters. The normalized spacial score (nSPS) is 10.5. The highest BCUT2D eigenvalue weighted by Gasteiger charge is 2.13. The number of aromatic nitrogens is 2. The number of methoxy groups -OCH3 is 2. The third-order valence-electron chi connectivity index (χ3n) is 2.84. The summed E-state index contributed by atoms with van der Waals surface area (Å²) >= 11 is 0. The van der Waals surface area contributed by atoms with Gasteiger partial charge < -0.3 is 30.2 Å². The zero-order valence-electron chi connectivity index (χ0n) is 11.3. The van der Waals surface area contributed by atoms with Gasteiger partial charge in [-0.05, 0) is 0 Å². The molecule has 2 rings (SSSR count). The maximum Gasteiger partial charge on any atom is 0.404 e. The van der Waals surface area contributed by atoms with Crippen molar-refractivity contribution >= 4 is 23.1 Å². The number of ether oxygens (including phenoxy) is 3. The SMILES string of the molecule is COc1cc2nc(N)n(CCOC(N)=O)c2cc1OC. The predicted octanol–water partition coefficient (Wildman–Crippen LogP) is 0.731. The highest BCUT2D eigenvalue weighted by Crippen LogP contribution is 2.32. The minimum atomic E-state index is -0.827. The molecular weight excluding hydrogens is 264 g/mol. The number of amides is 1. The summed E-state index contributed by atoms with van der Waals surface area (Å²) in [6.45, 7) is 0.458. The molecule has 108 valence electrons. The Morgan fingerprint density at radius 2 is 1.95 bits per heavy atom. The van der Waals surface area contributed by atoms with Crippen molar-refractivity contribution in [2.45, 2.75) is 6.54 Å². The van der Waals surface area contributed by atoms with Crippen LogP contribution in [0.2, 0.25) is 0 Å². The summed E-state index contributed by atoms with van der Waals surface area (Å²) in [7, 11) is 3.09. The van der Waals surface area contributed by atoms with E-state index < -0.39 is 6.09 Å². The highest BCUT2D eigenvalue weighted by atomic mass is 16.5. The summed E-state index contributed by atoms with van der Waals surface area (Å²) in [6.07, 6.45) is -0.827. The van der Waals surface area contributed by atoms with E-state index in [0.29, 0.717) is 29.5 Å². The Hall–Kier alpha value is -2.64. The van der Waals surface area contributed by atoms with Gasteiger partial charge in [0.1, 0.15) is 6.61 Å². The van der Waals surface area contributed by atoms with E-state index in [1.807, 2.05) is 0 Å². The van der Waals surface area contributed by atoms with Crippen molar-refractivity contribution in [1.82, 2.24) is 9.55 Å². The van der Waals surface area contributed by atoms with Crippen LogP contribution in [0.3, 0.4) is 0 Å². The summed E-state index contributed by atoms with van der Waals surface area (Å²) in [5.41, 5.74) is 12.2. The molecule has 1 heterocycles. The number of hydrogen-bond donors (Lipinski definition) is 2. The Labute approximate surface area is 115 Å². The van der Waals surface area contributed by atoms with E-state index in [1.165, 1.54) is 0 Å². The van der Waals surface area contributed by atoms with Gasteiger partial charge in [0.05, 0.1) is 31.8 Å². The van der Waals surface area contributed by atoms with Crippen molar-refractivity contribution in [3.05, 3.63) is 12.1 Å². The predicted molar refractivity (Wildman–Crippen MR) is 72.8 cm³/mol. The third-order valence-corrected chi connectivity index (χ3v) is 2.84. The van der Waals surface area contributed by atoms with Crippen molar-refractivity contribution in [2.24, 2.45) is 5.73 Å². The van der Waals surface area contributed by atoms with E-state index in [1.54, 1.807) is 30.9 Å². The van der Waals surface area contributed by atoms with Crippen LogP contribution in [0, 0.1) is 0 Å². The van der Waals surface area contributed by atoms with Gasteiger partial charge in [0, 0.05) is 12.1 Å². The molecule has 0 saturated heterocycles. The van der Waals surface area contributed by atoms with Crippen molar-refractivity contribution in [1.29, 1.82) is 0 Å². The van der Waals surface area contributed by atoms with Gasteiger partial charge >= 0.3 is 6.09 Å². The van der Waals surface area contributed by atoms with Crippen LogP contribution in [0.15, 0.2) is 12.1 Å². The molecule has 8 heteroatoms. The second-order valence-electron chi connectivity index (χ2n) is 3.99. The van der Waals surface area contributed by atoms with Gasteiger partial charge in [-0.2, -0.15) is 0 Å². The number of rotatable bonds is 5. The minimum absolute atomic E-state index is 0.110. The summed E-state index contributed by atoms with van der Waals surface area (Å²) in [5.74, 6) is 1.44. The monoisotopic (exact) mass is 280 g/mol. The first kappa shape index (κ1) is 13.8. The van der Waals surface area contributed by atoms with Crippen LogP contribution < -0.4 is 20.9 Å². The molecule has 1 amide bonds. The van der Waals surface area contributed by atoms with Crippen LogP contribution in [0.4, 0.5) is 10.7 Å². The van der Waals surface area contributed by atoms with Gasteiger partial charge in [0.25, 0.3) is 0 Å². The van der Waals surface area contributed by atoms with Gasteiger partial charge in [-0.1, -0.05) is 0 Å². The number of nitrogen functional groups attached to an aromatic ring is 1. The number of benzene rings is 1. The second kappa shape index (κ2) is 5.55. The Kier molecular flexibility index (Phi) is 3.83. The van der Waals surface area contributed by atoms with E-state index in [0.717, 1.165) is 5.52 Å². The quantitative estimate of drug-likeness (QED) is 0.834. The smallest absolute Gasteiger partial charge is 0.404 e. The first-order chi connectivity index (χ1) is 9.56. The lowest BCUT2D eigenvalue weighted by Gasteiger charge is -2.09. The third kappa shape index (κ3) is 2.53. The van der Waals surface area contributed by atoms with Gasteiger partial charge in [-0.25, -0.2) is 9.78 Å². The Balaban J connectivity index is 2.38. The van der Waals surface area contributed by atoms with Crippen LogP contribution in [0.25, 0.3) is 11.0 Å². The molecule has 1 aromatic heterocycles. The molecule has 0 saturated carbocycles. The van der Waals surface area contributed by atoms with Gasteiger partial charge in [0.2, 0.25) is 5.95 Å². The molecule has 1 aromatic carbocycles. The highest BCUT2D eigenvalue weighted by molar-refractivity contribution is 5.82. The van der Waals surface area contributed by atoms with E-state index in [2.05, 4.69) is 4.98 Å². The number of primary amides is 1. The fourth-order valence-electron chi connectivity index (χ4n) is 1.94. The molecule has 0 bridgehead atoms. The maximum atomic E-state index is 10.6. The van der Waals surface area contributed by atoms with E-state index in [4.69, 9.17) is 25.7 Å². The number of imidazole rings is 1. The molecule has 0 radical (unpaired) electrons. The van der Waals surface area contributed by atoms with Crippen LogP contribution >= 0.6 is 0 Å². The molecule has 0 spiro atoms. The van der Waals surface area contributed by atoms with Crippen molar-refractivity contribution in [2.75, 3.05) is 26.6 Å². The molecule has 4 N–H and O–H groups in total. The summed E-state index contributed by atoms with van der Waals surface area (Å²) in [5, 5.41) is 0. The van der Waals surface area contributed by atoms with Crippen molar-refractivity contribution in [3.63, 3.8) is 0 Å². The van der Waals surface area contributed by atoms with Crippen molar-refractivity contribution in [3.8, 4) is 11.5 Å². The number of nitrogens with zero attached hydrogens (tertiary/aromatic N) is 2. The molecule has 20 heavy (non-hydrogen) atoms. The number of nitrogens with two attached hydrogens (primary N) is 2. The average molecular weight is 280 g/mol. The molecule has 8 nitrogen and oxygen atoms in total. The summed E-state index contributed by atoms with van der Waals surface area (Å²) in [6, 6.07) is 3.50. The first-order valence-electron chi connectivity index (χ1n) is 5.86. The molecule has 0 fully saturated rings. The van der Waals surface area contributed by atoms with Gasteiger partial charge in [-0.3, -0.25) is 0 Å².